The van der Waals surface area contributed by atoms with Crippen LogP contribution in [0.2, 0.25) is 0 Å². The molecule has 4 rings (SSSR count). The number of hydrogen-bond acceptors (Lipinski definition) is 4. The van der Waals surface area contributed by atoms with Crippen molar-refractivity contribution in [3.05, 3.63) is 64.7 Å². The number of piperazine rings is 1. The molecule has 0 amide bonds. The first-order valence-electron chi connectivity index (χ1n) is 10.1. The Morgan fingerprint density at radius 1 is 0.966 bits per heavy atom. The number of aromatic amines is 1. The molecule has 3 N–H and O–H groups in total. The molecule has 7 nitrogen and oxygen atoms in total. The number of para-hydroxylation sites is 1. The molecule has 1 aliphatic heterocycles. The van der Waals surface area contributed by atoms with Gasteiger partial charge in [-0.3, -0.25) is 4.79 Å². The van der Waals surface area contributed by atoms with Gasteiger partial charge in [0.1, 0.15) is 57.4 Å². The Morgan fingerprint density at radius 3 is 2.41 bits per heavy atom. The van der Waals surface area contributed by atoms with Crippen LogP contribution in [0.1, 0.15) is 5.82 Å². The number of aromatic nitrogens is 2. The van der Waals surface area contributed by atoms with Crippen molar-refractivity contribution in [2.24, 2.45) is 0 Å². The highest BCUT2D eigenvalue weighted by Crippen LogP contribution is 2.16. The minimum absolute atomic E-state index is 0.0510. The summed E-state index contributed by atoms with van der Waals surface area (Å²) in [7, 11) is 1.66. The van der Waals surface area contributed by atoms with Crippen LogP contribution in [0.25, 0.3) is 10.9 Å². The molecule has 0 aliphatic carbocycles. The van der Waals surface area contributed by atoms with Gasteiger partial charge < -0.3 is 24.3 Å². The summed E-state index contributed by atoms with van der Waals surface area (Å²) in [6.07, 6.45) is 0. The number of hydrogen-bond donors (Lipinski definition) is 3. The van der Waals surface area contributed by atoms with Gasteiger partial charge in [-0.05, 0) is 36.4 Å². The molecule has 1 saturated heterocycles. The summed E-state index contributed by atoms with van der Waals surface area (Å²) in [6, 6.07) is 15.2. The third-order valence-corrected chi connectivity index (χ3v) is 5.53. The number of H-pyrrole nitrogens is 1. The summed E-state index contributed by atoms with van der Waals surface area (Å²) in [5, 5.41) is 0.650. The SMILES string of the molecule is COc1ccc(OCC[NH+]2CC[NH+](Cc3nc4ccccc4c(=O)[nH]3)CC2)cc1. The van der Waals surface area contributed by atoms with E-state index in [9.17, 15) is 4.79 Å². The third kappa shape index (κ3) is 4.93. The van der Waals surface area contributed by atoms with Crippen molar-refractivity contribution in [2.75, 3.05) is 46.4 Å². The minimum Gasteiger partial charge on any atom is -0.497 e. The van der Waals surface area contributed by atoms with Gasteiger partial charge in [-0.15, -0.1) is 0 Å². The lowest BCUT2D eigenvalue weighted by atomic mass is 10.2. The Hall–Kier alpha value is -2.90. The predicted molar refractivity (Wildman–Crippen MR) is 111 cm³/mol. The number of quaternary nitrogens is 2. The second-order valence-corrected chi connectivity index (χ2v) is 7.48. The maximum atomic E-state index is 12.2. The van der Waals surface area contributed by atoms with E-state index >= 15 is 0 Å². The highest BCUT2D eigenvalue weighted by molar-refractivity contribution is 5.77. The van der Waals surface area contributed by atoms with Crippen molar-refractivity contribution in [3.8, 4) is 11.5 Å². The summed E-state index contributed by atoms with van der Waals surface area (Å²) in [5.74, 6) is 2.49. The van der Waals surface area contributed by atoms with Crippen molar-refractivity contribution in [1.29, 1.82) is 0 Å². The van der Waals surface area contributed by atoms with Crippen LogP contribution in [0.4, 0.5) is 0 Å². The van der Waals surface area contributed by atoms with E-state index in [1.165, 1.54) is 4.90 Å². The monoisotopic (exact) mass is 396 g/mol. The fourth-order valence-corrected chi connectivity index (χ4v) is 3.82. The molecule has 1 aliphatic rings. The molecule has 1 fully saturated rings. The molecule has 0 saturated carbocycles. The van der Waals surface area contributed by atoms with Crippen molar-refractivity contribution < 1.29 is 19.3 Å². The number of rotatable bonds is 7. The normalized spacial score (nSPS) is 19.2. The molecule has 152 valence electrons. The number of nitrogens with zero attached hydrogens (tertiary/aromatic N) is 1. The summed E-state index contributed by atoms with van der Waals surface area (Å²) in [6.45, 7) is 6.78. The number of benzene rings is 2. The molecular weight excluding hydrogens is 368 g/mol. The van der Waals surface area contributed by atoms with Gasteiger partial charge in [-0.1, -0.05) is 12.1 Å². The first kappa shape index (κ1) is 19.4. The van der Waals surface area contributed by atoms with Crippen LogP contribution in [0.15, 0.2) is 53.3 Å². The van der Waals surface area contributed by atoms with Crippen LogP contribution in [0, 0.1) is 0 Å². The van der Waals surface area contributed by atoms with Crippen molar-refractivity contribution in [2.45, 2.75) is 6.54 Å². The second kappa shape index (κ2) is 9.07. The number of fused-ring (bicyclic) bond motifs is 1. The van der Waals surface area contributed by atoms with Crippen LogP contribution in [0.5, 0.6) is 11.5 Å². The zero-order valence-electron chi connectivity index (χ0n) is 16.7. The molecule has 0 radical (unpaired) electrons. The van der Waals surface area contributed by atoms with E-state index < -0.39 is 0 Å². The smallest absolute Gasteiger partial charge is 0.258 e. The summed E-state index contributed by atoms with van der Waals surface area (Å²) < 4.78 is 11.0. The Morgan fingerprint density at radius 2 is 1.66 bits per heavy atom. The number of nitrogens with one attached hydrogen (secondary N) is 3. The maximum absolute atomic E-state index is 12.2. The molecular formula is C22H28N4O3+2. The molecule has 1 aromatic heterocycles. The Bertz CT molecular complexity index is 995. The van der Waals surface area contributed by atoms with E-state index in [0.29, 0.717) is 12.0 Å². The average Bonchev–Trinajstić information content (AvgIpc) is 2.75. The molecule has 3 aromatic rings. The minimum atomic E-state index is -0.0510. The van der Waals surface area contributed by atoms with Crippen LogP contribution in [-0.4, -0.2) is 56.4 Å². The van der Waals surface area contributed by atoms with E-state index in [0.717, 1.165) is 62.1 Å². The van der Waals surface area contributed by atoms with Crippen LogP contribution < -0.4 is 24.8 Å². The molecule has 0 spiro atoms. The van der Waals surface area contributed by atoms with Gasteiger partial charge in [0, 0.05) is 0 Å². The third-order valence-electron chi connectivity index (χ3n) is 5.53. The molecule has 29 heavy (non-hydrogen) atoms. The Labute approximate surface area is 169 Å². The lowest BCUT2D eigenvalue weighted by molar-refractivity contribution is -1.02. The first-order chi connectivity index (χ1) is 14.2. The molecule has 0 unspecified atom stereocenters. The quantitative estimate of drug-likeness (QED) is 0.494. The Kier molecular flexibility index (Phi) is 6.07. The van der Waals surface area contributed by atoms with Gasteiger partial charge >= 0.3 is 0 Å². The van der Waals surface area contributed by atoms with Gasteiger partial charge in [0.2, 0.25) is 0 Å². The predicted octanol–water partition coefficient (Wildman–Crippen LogP) is -0.706. The van der Waals surface area contributed by atoms with Crippen molar-refractivity contribution in [3.63, 3.8) is 0 Å². The van der Waals surface area contributed by atoms with Gasteiger partial charge in [-0.25, -0.2) is 4.98 Å². The molecule has 2 heterocycles. The van der Waals surface area contributed by atoms with Gasteiger partial charge in [0.25, 0.3) is 5.56 Å². The average molecular weight is 396 g/mol. The first-order valence-corrected chi connectivity index (χ1v) is 10.1. The van der Waals surface area contributed by atoms with E-state index in [2.05, 4.69) is 9.97 Å². The van der Waals surface area contributed by atoms with Gasteiger partial charge in [0.05, 0.1) is 18.0 Å². The van der Waals surface area contributed by atoms with Crippen LogP contribution in [0.3, 0.4) is 0 Å². The highest BCUT2D eigenvalue weighted by Gasteiger charge is 2.23. The molecule has 0 bridgehead atoms. The molecule has 0 atom stereocenters. The maximum Gasteiger partial charge on any atom is 0.258 e. The molecule has 7 heteroatoms. The zero-order chi connectivity index (χ0) is 20.1. The van der Waals surface area contributed by atoms with Crippen molar-refractivity contribution >= 4 is 10.9 Å². The second-order valence-electron chi connectivity index (χ2n) is 7.48. The zero-order valence-corrected chi connectivity index (χ0v) is 16.7. The van der Waals surface area contributed by atoms with E-state index in [-0.39, 0.29) is 5.56 Å². The topological polar surface area (TPSA) is 73.1 Å². The Balaban J connectivity index is 1.23. The summed E-state index contributed by atoms with van der Waals surface area (Å²) in [4.78, 5) is 22.8. The standard InChI is InChI=1S/C22H26N4O3/c1-28-17-6-8-18(9-7-17)29-15-14-25-10-12-26(13-11-25)16-21-23-20-5-3-2-4-19(20)22(27)24-21/h2-9H,10-16H2,1H3,(H,23,24,27)/p+2. The molecule has 2 aromatic carbocycles. The number of methoxy groups -OCH3 is 1. The lowest BCUT2D eigenvalue weighted by Gasteiger charge is -2.29. The van der Waals surface area contributed by atoms with E-state index in [4.69, 9.17) is 9.47 Å². The van der Waals surface area contributed by atoms with Gasteiger partial charge in [0.15, 0.2) is 5.82 Å². The van der Waals surface area contributed by atoms with Gasteiger partial charge in [-0.2, -0.15) is 0 Å². The fourth-order valence-electron chi connectivity index (χ4n) is 3.82. The van der Waals surface area contributed by atoms with E-state index in [1.807, 2.05) is 48.5 Å². The summed E-state index contributed by atoms with van der Waals surface area (Å²) >= 11 is 0. The summed E-state index contributed by atoms with van der Waals surface area (Å²) in [5.41, 5.74) is 0.718. The van der Waals surface area contributed by atoms with Crippen molar-refractivity contribution in [1.82, 2.24) is 9.97 Å². The van der Waals surface area contributed by atoms with Crippen LogP contribution in [-0.2, 0) is 6.54 Å². The fraction of sp³-hybridized carbons (Fsp3) is 0.364. The largest absolute Gasteiger partial charge is 0.497 e. The highest BCUT2D eigenvalue weighted by atomic mass is 16.5. The lowest BCUT2D eigenvalue weighted by Crippen LogP contribution is -3.27. The van der Waals surface area contributed by atoms with E-state index in [1.54, 1.807) is 12.0 Å². The number of ether oxygens (including phenoxy) is 2. The van der Waals surface area contributed by atoms with Crippen LogP contribution >= 0.6 is 0 Å².